The molecule has 0 fully saturated rings. The van der Waals surface area contributed by atoms with Crippen molar-refractivity contribution in [2.45, 2.75) is 13.5 Å². The molecule has 0 saturated heterocycles. The SMILES string of the molecule is COCCn1cccc1C(=O)Nc1c[nH]c(C)c1C(=O)O. The van der Waals surface area contributed by atoms with Crippen LogP contribution in [0.15, 0.2) is 24.5 Å². The molecule has 0 radical (unpaired) electrons. The Bertz CT molecular complexity index is 657. The molecule has 0 aromatic carbocycles. The molecular formula is C14H17N3O4. The fraction of sp³-hybridized carbons (Fsp3) is 0.286. The van der Waals surface area contributed by atoms with Crippen LogP contribution in [0.5, 0.6) is 0 Å². The molecule has 2 aromatic rings. The first-order valence-corrected chi connectivity index (χ1v) is 6.41. The molecule has 2 heterocycles. The van der Waals surface area contributed by atoms with E-state index in [9.17, 15) is 9.59 Å². The second kappa shape index (κ2) is 6.27. The van der Waals surface area contributed by atoms with Gasteiger partial charge in [-0.05, 0) is 19.1 Å². The van der Waals surface area contributed by atoms with Crippen LogP contribution in [-0.4, -0.2) is 40.3 Å². The molecule has 2 rings (SSSR count). The number of aromatic carboxylic acids is 1. The van der Waals surface area contributed by atoms with Gasteiger partial charge in [0.25, 0.3) is 5.91 Å². The van der Waals surface area contributed by atoms with Crippen molar-refractivity contribution in [1.29, 1.82) is 0 Å². The molecule has 0 aliphatic carbocycles. The Hall–Kier alpha value is -2.54. The van der Waals surface area contributed by atoms with Crippen LogP contribution in [0.4, 0.5) is 5.69 Å². The number of aryl methyl sites for hydroxylation is 1. The van der Waals surface area contributed by atoms with E-state index in [4.69, 9.17) is 9.84 Å². The van der Waals surface area contributed by atoms with E-state index in [1.165, 1.54) is 6.20 Å². The van der Waals surface area contributed by atoms with Gasteiger partial charge in [0, 0.05) is 31.7 Å². The number of carboxylic acid groups (broad SMARTS) is 1. The van der Waals surface area contributed by atoms with E-state index in [0.29, 0.717) is 24.5 Å². The third kappa shape index (κ3) is 3.14. The van der Waals surface area contributed by atoms with E-state index >= 15 is 0 Å². The normalized spacial score (nSPS) is 10.6. The molecule has 112 valence electrons. The minimum Gasteiger partial charge on any atom is -0.478 e. The second-order valence-corrected chi connectivity index (χ2v) is 4.54. The van der Waals surface area contributed by atoms with Crippen LogP contribution < -0.4 is 5.32 Å². The molecule has 0 unspecified atom stereocenters. The third-order valence-corrected chi connectivity index (χ3v) is 3.14. The van der Waals surface area contributed by atoms with Crippen molar-refractivity contribution < 1.29 is 19.4 Å². The van der Waals surface area contributed by atoms with Crippen LogP contribution in [0.3, 0.4) is 0 Å². The highest BCUT2D eigenvalue weighted by Gasteiger charge is 2.19. The summed E-state index contributed by atoms with van der Waals surface area (Å²) in [5.74, 6) is -1.45. The second-order valence-electron chi connectivity index (χ2n) is 4.54. The number of hydrogen-bond acceptors (Lipinski definition) is 3. The molecule has 3 N–H and O–H groups in total. The highest BCUT2D eigenvalue weighted by atomic mass is 16.5. The maximum atomic E-state index is 12.3. The molecule has 21 heavy (non-hydrogen) atoms. The zero-order valence-electron chi connectivity index (χ0n) is 11.8. The van der Waals surface area contributed by atoms with Crippen LogP contribution in [0.1, 0.15) is 26.5 Å². The predicted molar refractivity (Wildman–Crippen MR) is 76.8 cm³/mol. The van der Waals surface area contributed by atoms with E-state index in [1.54, 1.807) is 36.9 Å². The van der Waals surface area contributed by atoms with Crippen molar-refractivity contribution in [3.8, 4) is 0 Å². The van der Waals surface area contributed by atoms with Gasteiger partial charge >= 0.3 is 5.97 Å². The number of amides is 1. The molecule has 7 heteroatoms. The topological polar surface area (TPSA) is 96.4 Å². The maximum Gasteiger partial charge on any atom is 0.339 e. The molecule has 0 aliphatic rings. The molecule has 1 amide bonds. The van der Waals surface area contributed by atoms with Crippen LogP contribution in [0.2, 0.25) is 0 Å². The molecule has 0 aliphatic heterocycles. The van der Waals surface area contributed by atoms with Crippen LogP contribution in [-0.2, 0) is 11.3 Å². The minimum absolute atomic E-state index is 0.0679. The Balaban J connectivity index is 2.19. The fourth-order valence-corrected chi connectivity index (χ4v) is 2.09. The van der Waals surface area contributed by atoms with E-state index in [1.807, 2.05) is 0 Å². The van der Waals surface area contributed by atoms with Crippen LogP contribution >= 0.6 is 0 Å². The maximum absolute atomic E-state index is 12.3. The van der Waals surface area contributed by atoms with Gasteiger partial charge in [-0.3, -0.25) is 4.79 Å². The number of rotatable bonds is 6. The lowest BCUT2D eigenvalue weighted by Gasteiger charge is -2.09. The quantitative estimate of drug-likeness (QED) is 0.755. The van der Waals surface area contributed by atoms with Gasteiger partial charge in [-0.15, -0.1) is 0 Å². The summed E-state index contributed by atoms with van der Waals surface area (Å²) in [4.78, 5) is 26.2. The van der Waals surface area contributed by atoms with Crippen molar-refractivity contribution in [2.75, 3.05) is 19.0 Å². The number of hydrogen-bond donors (Lipinski definition) is 3. The average molecular weight is 291 g/mol. The van der Waals surface area contributed by atoms with Gasteiger partial charge in [0.1, 0.15) is 11.3 Å². The largest absolute Gasteiger partial charge is 0.478 e. The Kier molecular flexibility index (Phi) is 4.44. The summed E-state index contributed by atoms with van der Waals surface area (Å²) < 4.78 is 6.74. The highest BCUT2D eigenvalue weighted by molar-refractivity contribution is 6.07. The first-order valence-electron chi connectivity index (χ1n) is 6.41. The van der Waals surface area contributed by atoms with E-state index in [-0.39, 0.29) is 17.2 Å². The number of aromatic amines is 1. The summed E-state index contributed by atoms with van der Waals surface area (Å²) in [5, 5.41) is 11.8. The summed E-state index contributed by atoms with van der Waals surface area (Å²) in [6.07, 6.45) is 3.24. The number of aromatic nitrogens is 2. The zero-order chi connectivity index (χ0) is 15.4. The Labute approximate surface area is 121 Å². The monoisotopic (exact) mass is 291 g/mol. The molecule has 2 aromatic heterocycles. The zero-order valence-corrected chi connectivity index (χ0v) is 11.8. The number of anilines is 1. The number of H-pyrrole nitrogens is 1. The Morgan fingerprint density at radius 3 is 2.90 bits per heavy atom. The Morgan fingerprint density at radius 2 is 2.24 bits per heavy atom. The molecular weight excluding hydrogens is 274 g/mol. The third-order valence-electron chi connectivity index (χ3n) is 3.14. The molecule has 0 atom stereocenters. The van der Waals surface area contributed by atoms with Gasteiger partial charge in [-0.2, -0.15) is 0 Å². The van der Waals surface area contributed by atoms with Gasteiger partial charge in [-0.1, -0.05) is 0 Å². The first-order chi connectivity index (χ1) is 10.0. The average Bonchev–Trinajstić information content (AvgIpc) is 3.03. The minimum atomic E-state index is -1.08. The molecule has 0 saturated carbocycles. The Morgan fingerprint density at radius 1 is 1.48 bits per heavy atom. The summed E-state index contributed by atoms with van der Waals surface area (Å²) in [7, 11) is 1.59. The van der Waals surface area contributed by atoms with E-state index in [0.717, 1.165) is 0 Å². The number of carbonyl (C=O) groups is 2. The summed E-state index contributed by atoms with van der Waals surface area (Å²) >= 11 is 0. The lowest BCUT2D eigenvalue weighted by molar-refractivity contribution is 0.0697. The predicted octanol–water partition coefficient (Wildman–Crippen LogP) is 1.72. The fourth-order valence-electron chi connectivity index (χ4n) is 2.09. The van der Waals surface area contributed by atoms with Gasteiger partial charge in [0.05, 0.1) is 12.3 Å². The van der Waals surface area contributed by atoms with E-state index < -0.39 is 5.97 Å². The number of carboxylic acids is 1. The lowest BCUT2D eigenvalue weighted by Crippen LogP contribution is -2.19. The van der Waals surface area contributed by atoms with Crippen molar-refractivity contribution >= 4 is 17.6 Å². The van der Waals surface area contributed by atoms with Gasteiger partial charge < -0.3 is 24.7 Å². The summed E-state index contributed by atoms with van der Waals surface area (Å²) in [6.45, 7) is 2.67. The van der Waals surface area contributed by atoms with Gasteiger partial charge in [-0.25, -0.2) is 4.79 Å². The van der Waals surface area contributed by atoms with Gasteiger partial charge in [0.15, 0.2) is 0 Å². The van der Waals surface area contributed by atoms with Crippen molar-refractivity contribution in [1.82, 2.24) is 9.55 Å². The summed E-state index contributed by atoms with van der Waals surface area (Å²) in [6, 6.07) is 3.43. The van der Waals surface area contributed by atoms with Crippen molar-refractivity contribution in [2.24, 2.45) is 0 Å². The smallest absolute Gasteiger partial charge is 0.339 e. The lowest BCUT2D eigenvalue weighted by atomic mass is 10.2. The standard InChI is InChI=1S/C14H17N3O4/c1-9-12(14(19)20)10(8-15-9)16-13(18)11-4-3-5-17(11)6-7-21-2/h3-5,8,15H,6-7H2,1-2H3,(H,16,18)(H,19,20). The van der Waals surface area contributed by atoms with E-state index in [2.05, 4.69) is 10.3 Å². The molecule has 0 bridgehead atoms. The molecule has 0 spiro atoms. The summed E-state index contributed by atoms with van der Waals surface area (Å²) in [5.41, 5.74) is 1.26. The number of nitrogens with zero attached hydrogens (tertiary/aromatic N) is 1. The van der Waals surface area contributed by atoms with Crippen molar-refractivity contribution in [3.63, 3.8) is 0 Å². The van der Waals surface area contributed by atoms with Crippen molar-refractivity contribution in [3.05, 3.63) is 41.5 Å². The number of methoxy groups -OCH3 is 1. The van der Waals surface area contributed by atoms with Crippen LogP contribution in [0, 0.1) is 6.92 Å². The molecule has 7 nitrogen and oxygen atoms in total. The van der Waals surface area contributed by atoms with Crippen LogP contribution in [0.25, 0.3) is 0 Å². The number of nitrogens with one attached hydrogen (secondary N) is 2. The number of carbonyl (C=O) groups excluding carboxylic acids is 1. The highest BCUT2D eigenvalue weighted by Crippen LogP contribution is 2.20. The number of ether oxygens (including phenoxy) is 1. The van der Waals surface area contributed by atoms with Gasteiger partial charge in [0.2, 0.25) is 0 Å². The first kappa shape index (κ1) is 14.9.